The first-order chi connectivity index (χ1) is 17.9. The first-order valence-corrected chi connectivity index (χ1v) is 14.0. The Balaban J connectivity index is 1.69. The van der Waals surface area contributed by atoms with Gasteiger partial charge in [0.15, 0.2) is 5.11 Å². The number of nitrogens with one attached hydrogen (secondary N) is 2. The topological polar surface area (TPSA) is 97.0 Å². The Morgan fingerprint density at radius 1 is 1.03 bits per heavy atom. The summed E-state index contributed by atoms with van der Waals surface area (Å²) in [5.74, 6) is -0.311. The third-order valence-electron chi connectivity index (χ3n) is 6.48. The van der Waals surface area contributed by atoms with Gasteiger partial charge in [0.2, 0.25) is 11.8 Å². The molecule has 1 aliphatic rings. The lowest BCUT2D eigenvalue weighted by molar-refractivity contribution is -0.147. The number of carbonyl (C=O) groups is 3. The van der Waals surface area contributed by atoms with Gasteiger partial charge in [-0.25, -0.2) is 0 Å². The summed E-state index contributed by atoms with van der Waals surface area (Å²) in [4.78, 5) is 39.0. The SMILES string of the molecule is CCCCCCCCCCCCOC(=O)CC1C(=O)NCCN1C(=S)NC(=O)Cc1ccc(OC)cc1. The van der Waals surface area contributed by atoms with Gasteiger partial charge >= 0.3 is 5.97 Å². The molecule has 0 saturated carbocycles. The van der Waals surface area contributed by atoms with Gasteiger partial charge in [-0.3, -0.25) is 14.4 Å². The average molecular weight is 534 g/mol. The number of nitrogens with zero attached hydrogens (tertiary/aromatic N) is 1. The van der Waals surface area contributed by atoms with Crippen molar-refractivity contribution in [2.45, 2.75) is 90.0 Å². The van der Waals surface area contributed by atoms with Crippen molar-refractivity contribution in [2.24, 2.45) is 0 Å². The number of unbranched alkanes of at least 4 members (excludes halogenated alkanes) is 9. The van der Waals surface area contributed by atoms with Crippen LogP contribution in [0.1, 0.15) is 83.1 Å². The summed E-state index contributed by atoms with van der Waals surface area (Å²) < 4.78 is 10.5. The summed E-state index contributed by atoms with van der Waals surface area (Å²) in [6.07, 6.45) is 12.1. The van der Waals surface area contributed by atoms with E-state index in [0.717, 1.165) is 24.8 Å². The number of piperazine rings is 1. The normalized spacial score (nSPS) is 15.1. The largest absolute Gasteiger partial charge is 0.497 e. The van der Waals surface area contributed by atoms with Gasteiger partial charge in [-0.2, -0.15) is 0 Å². The lowest BCUT2D eigenvalue weighted by Gasteiger charge is -2.36. The summed E-state index contributed by atoms with van der Waals surface area (Å²) in [6.45, 7) is 3.38. The second-order valence-electron chi connectivity index (χ2n) is 9.48. The van der Waals surface area contributed by atoms with Crippen molar-refractivity contribution in [3.05, 3.63) is 29.8 Å². The highest BCUT2D eigenvalue weighted by molar-refractivity contribution is 7.80. The van der Waals surface area contributed by atoms with Crippen molar-refractivity contribution in [1.29, 1.82) is 0 Å². The third kappa shape index (κ3) is 11.9. The van der Waals surface area contributed by atoms with Crippen LogP contribution in [0.4, 0.5) is 0 Å². The Labute approximate surface area is 226 Å². The van der Waals surface area contributed by atoms with Crippen molar-refractivity contribution < 1.29 is 23.9 Å². The molecular formula is C28H43N3O5S. The minimum Gasteiger partial charge on any atom is -0.497 e. The van der Waals surface area contributed by atoms with E-state index in [2.05, 4.69) is 17.6 Å². The van der Waals surface area contributed by atoms with Gasteiger partial charge in [-0.1, -0.05) is 76.8 Å². The maximum Gasteiger partial charge on any atom is 0.308 e. The van der Waals surface area contributed by atoms with Crippen molar-refractivity contribution in [2.75, 3.05) is 26.8 Å². The Morgan fingerprint density at radius 3 is 2.27 bits per heavy atom. The van der Waals surface area contributed by atoms with E-state index in [1.54, 1.807) is 24.1 Å². The van der Waals surface area contributed by atoms with E-state index in [1.807, 2.05) is 12.1 Å². The molecular weight excluding hydrogens is 490 g/mol. The number of benzene rings is 1. The van der Waals surface area contributed by atoms with Crippen molar-refractivity contribution in [1.82, 2.24) is 15.5 Å². The summed E-state index contributed by atoms with van der Waals surface area (Å²) in [5.41, 5.74) is 0.810. The molecule has 37 heavy (non-hydrogen) atoms. The van der Waals surface area contributed by atoms with Gasteiger partial charge in [0, 0.05) is 13.1 Å². The number of rotatable bonds is 16. The molecule has 1 aromatic rings. The molecule has 9 heteroatoms. The Bertz CT molecular complexity index is 862. The molecule has 1 aliphatic heterocycles. The van der Waals surface area contributed by atoms with E-state index in [0.29, 0.717) is 25.4 Å². The van der Waals surface area contributed by atoms with E-state index in [9.17, 15) is 14.4 Å². The molecule has 0 spiro atoms. The van der Waals surface area contributed by atoms with Gasteiger partial charge < -0.3 is 25.0 Å². The molecule has 0 radical (unpaired) electrons. The molecule has 1 heterocycles. The quantitative estimate of drug-likeness (QED) is 0.186. The molecule has 1 atom stereocenters. The Kier molecular flexibility index (Phi) is 14.6. The van der Waals surface area contributed by atoms with Crippen LogP contribution in [-0.2, 0) is 25.5 Å². The highest BCUT2D eigenvalue weighted by Gasteiger charge is 2.34. The first-order valence-electron chi connectivity index (χ1n) is 13.6. The number of esters is 1. The lowest BCUT2D eigenvalue weighted by atomic mass is 10.1. The minimum atomic E-state index is -0.803. The minimum absolute atomic E-state index is 0.113. The fourth-order valence-electron chi connectivity index (χ4n) is 4.32. The fourth-order valence-corrected chi connectivity index (χ4v) is 4.65. The molecule has 1 unspecified atom stereocenters. The van der Waals surface area contributed by atoms with Gasteiger partial charge in [0.1, 0.15) is 11.8 Å². The monoisotopic (exact) mass is 533 g/mol. The summed E-state index contributed by atoms with van der Waals surface area (Å²) in [5, 5.41) is 5.60. The number of methoxy groups -OCH3 is 1. The van der Waals surface area contributed by atoms with Crippen LogP contribution < -0.4 is 15.4 Å². The smallest absolute Gasteiger partial charge is 0.308 e. The second-order valence-corrected chi connectivity index (χ2v) is 9.87. The fraction of sp³-hybridized carbons (Fsp3) is 0.643. The molecule has 0 bridgehead atoms. The number of ether oxygens (including phenoxy) is 2. The molecule has 8 nitrogen and oxygen atoms in total. The number of amides is 2. The van der Waals surface area contributed by atoms with Gasteiger partial charge in [-0.15, -0.1) is 0 Å². The summed E-state index contributed by atoms with van der Waals surface area (Å²) >= 11 is 5.42. The van der Waals surface area contributed by atoms with E-state index in [4.69, 9.17) is 21.7 Å². The molecule has 1 fully saturated rings. The second kappa shape index (κ2) is 17.7. The molecule has 1 saturated heterocycles. The molecule has 206 valence electrons. The van der Waals surface area contributed by atoms with Crippen LogP contribution >= 0.6 is 12.2 Å². The predicted molar refractivity (Wildman–Crippen MR) is 148 cm³/mol. The predicted octanol–water partition coefficient (Wildman–Crippen LogP) is 4.29. The average Bonchev–Trinajstić information content (AvgIpc) is 2.88. The zero-order chi connectivity index (χ0) is 26.9. The molecule has 2 N–H and O–H groups in total. The maximum atomic E-state index is 12.5. The molecule has 0 aromatic heterocycles. The van der Waals surface area contributed by atoms with Crippen LogP contribution in [0.25, 0.3) is 0 Å². The zero-order valence-corrected chi connectivity index (χ0v) is 23.2. The van der Waals surface area contributed by atoms with E-state index in [-0.39, 0.29) is 29.8 Å². The van der Waals surface area contributed by atoms with Crippen molar-refractivity contribution in [3.8, 4) is 5.75 Å². The van der Waals surface area contributed by atoms with Gasteiger partial charge in [0.25, 0.3) is 0 Å². The van der Waals surface area contributed by atoms with Crippen LogP contribution in [0, 0.1) is 0 Å². The van der Waals surface area contributed by atoms with Crippen LogP contribution in [0.15, 0.2) is 24.3 Å². The summed E-state index contributed by atoms with van der Waals surface area (Å²) in [7, 11) is 1.58. The van der Waals surface area contributed by atoms with Crippen molar-refractivity contribution in [3.63, 3.8) is 0 Å². The van der Waals surface area contributed by atoms with E-state index >= 15 is 0 Å². The molecule has 2 amide bonds. The number of carbonyl (C=O) groups excluding carboxylic acids is 3. The Hall–Kier alpha value is -2.68. The maximum absolute atomic E-state index is 12.5. The van der Waals surface area contributed by atoms with Crippen LogP contribution in [-0.4, -0.2) is 60.6 Å². The standard InChI is InChI=1S/C28H43N3O5S/c1-3-4-5-6-7-8-9-10-11-12-19-36-26(33)21-24-27(34)29-17-18-31(24)28(37)30-25(32)20-22-13-15-23(35-2)16-14-22/h13-16,24H,3-12,17-21H2,1-2H3,(H,29,34)(H,30,32,37). The number of hydrogen-bond acceptors (Lipinski definition) is 6. The molecule has 2 rings (SSSR count). The Morgan fingerprint density at radius 2 is 1.65 bits per heavy atom. The van der Waals surface area contributed by atoms with Gasteiger partial charge in [-0.05, 0) is 36.3 Å². The lowest BCUT2D eigenvalue weighted by Crippen LogP contribution is -2.60. The van der Waals surface area contributed by atoms with E-state index < -0.39 is 12.0 Å². The molecule has 0 aliphatic carbocycles. The highest BCUT2D eigenvalue weighted by Crippen LogP contribution is 2.14. The summed E-state index contributed by atoms with van der Waals surface area (Å²) in [6, 6.07) is 6.38. The number of hydrogen-bond donors (Lipinski definition) is 2. The van der Waals surface area contributed by atoms with Gasteiger partial charge in [0.05, 0.1) is 26.6 Å². The highest BCUT2D eigenvalue weighted by atomic mass is 32.1. The first kappa shape index (κ1) is 30.5. The van der Waals surface area contributed by atoms with E-state index in [1.165, 1.54) is 44.9 Å². The van der Waals surface area contributed by atoms with Crippen LogP contribution in [0.5, 0.6) is 5.75 Å². The van der Waals surface area contributed by atoms with Crippen LogP contribution in [0.2, 0.25) is 0 Å². The zero-order valence-electron chi connectivity index (χ0n) is 22.4. The molecule has 1 aromatic carbocycles. The number of thiocarbonyl (C=S) groups is 1. The third-order valence-corrected chi connectivity index (χ3v) is 6.82. The van der Waals surface area contributed by atoms with Crippen molar-refractivity contribution >= 4 is 35.1 Å². The van der Waals surface area contributed by atoms with Crippen LogP contribution in [0.3, 0.4) is 0 Å².